The lowest BCUT2D eigenvalue weighted by Crippen LogP contribution is -2.40. The molecule has 0 saturated carbocycles. The molecule has 0 radical (unpaired) electrons. The summed E-state index contributed by atoms with van der Waals surface area (Å²) < 4.78 is 0. The fourth-order valence-electron chi connectivity index (χ4n) is 0.973. The van der Waals surface area contributed by atoms with Crippen LogP contribution in [0, 0.1) is 0 Å². The van der Waals surface area contributed by atoms with Crippen molar-refractivity contribution in [3.8, 4) is 0 Å². The topological polar surface area (TPSA) is 54.0 Å². The first kappa shape index (κ1) is 11.0. The fourth-order valence-corrected chi connectivity index (χ4v) is 1.59. The molecule has 1 rings (SSSR count). The van der Waals surface area contributed by atoms with Gasteiger partial charge in [0, 0.05) is 30.6 Å². The van der Waals surface area contributed by atoms with Crippen molar-refractivity contribution in [3.63, 3.8) is 0 Å². The summed E-state index contributed by atoms with van der Waals surface area (Å²) in [7, 11) is 0. The summed E-state index contributed by atoms with van der Waals surface area (Å²) in [5, 5.41) is 8.51. The third-order valence-corrected chi connectivity index (χ3v) is 2.37. The van der Waals surface area contributed by atoms with Crippen LogP contribution in [0.15, 0.2) is 11.6 Å². The Morgan fingerprint density at radius 1 is 1.64 bits per heavy atom. The predicted molar refractivity (Wildman–Crippen MR) is 57.5 cm³/mol. The average molecular weight is 213 g/mol. The van der Waals surface area contributed by atoms with E-state index in [0.717, 1.165) is 11.4 Å². The van der Waals surface area contributed by atoms with Crippen LogP contribution in [-0.2, 0) is 6.42 Å². The first-order chi connectivity index (χ1) is 6.68. The van der Waals surface area contributed by atoms with E-state index in [-0.39, 0.29) is 12.1 Å². The van der Waals surface area contributed by atoms with Gasteiger partial charge in [0.2, 0.25) is 0 Å². The number of urea groups is 1. The highest BCUT2D eigenvalue weighted by Gasteiger charge is 2.01. The summed E-state index contributed by atoms with van der Waals surface area (Å²) in [6.07, 6.45) is 2.57. The molecule has 78 valence electrons. The van der Waals surface area contributed by atoms with Gasteiger partial charge in [-0.1, -0.05) is 0 Å². The van der Waals surface area contributed by atoms with Crippen LogP contribution in [-0.4, -0.2) is 23.6 Å². The minimum absolute atomic E-state index is 0.114. The zero-order valence-corrected chi connectivity index (χ0v) is 9.23. The lowest BCUT2D eigenvalue weighted by Gasteiger charge is -2.08. The summed E-state index contributed by atoms with van der Waals surface area (Å²) >= 11 is 1.61. The first-order valence-corrected chi connectivity index (χ1v) is 5.49. The van der Waals surface area contributed by atoms with Crippen molar-refractivity contribution in [1.29, 1.82) is 0 Å². The highest BCUT2D eigenvalue weighted by Crippen LogP contribution is 2.03. The van der Waals surface area contributed by atoms with Crippen molar-refractivity contribution in [3.05, 3.63) is 16.6 Å². The highest BCUT2D eigenvalue weighted by atomic mass is 32.1. The highest BCUT2D eigenvalue weighted by molar-refractivity contribution is 7.09. The van der Waals surface area contributed by atoms with Gasteiger partial charge >= 0.3 is 6.03 Å². The van der Waals surface area contributed by atoms with Crippen molar-refractivity contribution in [2.45, 2.75) is 26.3 Å². The fraction of sp³-hybridized carbons (Fsp3) is 0.556. The zero-order valence-electron chi connectivity index (χ0n) is 8.41. The molecule has 2 amide bonds. The van der Waals surface area contributed by atoms with Crippen molar-refractivity contribution < 1.29 is 4.79 Å². The molecule has 1 aromatic rings. The van der Waals surface area contributed by atoms with Gasteiger partial charge < -0.3 is 10.6 Å². The third-order valence-electron chi connectivity index (χ3n) is 1.53. The van der Waals surface area contributed by atoms with Gasteiger partial charge in [-0.3, -0.25) is 0 Å². The predicted octanol–water partition coefficient (Wildman–Crippen LogP) is 1.39. The molecule has 0 spiro atoms. The van der Waals surface area contributed by atoms with E-state index in [1.807, 2.05) is 19.2 Å². The number of carbonyl (C=O) groups excluding carboxylic acids is 1. The van der Waals surface area contributed by atoms with Gasteiger partial charge in [0.05, 0.1) is 5.01 Å². The SMILES string of the molecule is CC(C)NC(=O)NCCc1nccs1. The molecular formula is C9H15N3OS. The minimum atomic E-state index is -0.114. The number of nitrogens with one attached hydrogen (secondary N) is 2. The molecule has 1 heterocycles. The second-order valence-corrected chi connectivity index (χ2v) is 4.21. The standard InChI is InChI=1S/C9H15N3OS/c1-7(2)12-9(13)11-4-3-8-10-5-6-14-8/h5-7H,3-4H2,1-2H3,(H2,11,12,13). The Morgan fingerprint density at radius 3 is 3.00 bits per heavy atom. The van der Waals surface area contributed by atoms with Crippen LogP contribution in [0.2, 0.25) is 0 Å². The number of nitrogens with zero attached hydrogens (tertiary/aromatic N) is 1. The second kappa shape index (κ2) is 5.59. The molecule has 1 aromatic heterocycles. The van der Waals surface area contributed by atoms with E-state index in [1.54, 1.807) is 17.5 Å². The maximum Gasteiger partial charge on any atom is 0.314 e. The van der Waals surface area contributed by atoms with Crippen molar-refractivity contribution in [2.75, 3.05) is 6.54 Å². The number of amides is 2. The second-order valence-electron chi connectivity index (χ2n) is 3.23. The molecule has 5 heteroatoms. The van der Waals surface area contributed by atoms with Crippen molar-refractivity contribution >= 4 is 17.4 Å². The summed E-state index contributed by atoms with van der Waals surface area (Å²) in [6.45, 7) is 4.49. The van der Waals surface area contributed by atoms with Crippen molar-refractivity contribution in [2.24, 2.45) is 0 Å². The molecule has 0 aliphatic heterocycles. The number of thiazole rings is 1. The largest absolute Gasteiger partial charge is 0.338 e. The molecule has 2 N–H and O–H groups in total. The van der Waals surface area contributed by atoms with Crippen LogP contribution in [0.1, 0.15) is 18.9 Å². The number of rotatable bonds is 4. The molecule has 0 aliphatic rings. The molecule has 14 heavy (non-hydrogen) atoms. The van der Waals surface area contributed by atoms with Crippen LogP contribution in [0.25, 0.3) is 0 Å². The summed E-state index contributed by atoms with van der Waals surface area (Å²) in [5.41, 5.74) is 0. The Hall–Kier alpha value is -1.10. The van der Waals surface area contributed by atoms with Gasteiger partial charge in [-0.2, -0.15) is 0 Å². The minimum Gasteiger partial charge on any atom is -0.338 e. The lowest BCUT2D eigenvalue weighted by molar-refractivity contribution is 0.238. The van der Waals surface area contributed by atoms with E-state index in [9.17, 15) is 4.79 Å². The molecule has 0 unspecified atom stereocenters. The average Bonchev–Trinajstić information content (AvgIpc) is 2.55. The number of hydrogen-bond donors (Lipinski definition) is 2. The van der Waals surface area contributed by atoms with E-state index >= 15 is 0 Å². The molecule has 0 fully saturated rings. The number of aromatic nitrogens is 1. The van der Waals surface area contributed by atoms with Crippen LogP contribution < -0.4 is 10.6 Å². The molecule has 0 saturated heterocycles. The van der Waals surface area contributed by atoms with Gasteiger partial charge in [-0.25, -0.2) is 9.78 Å². The smallest absolute Gasteiger partial charge is 0.314 e. The van der Waals surface area contributed by atoms with Gasteiger partial charge in [0.25, 0.3) is 0 Å². The Bertz CT molecular complexity index is 272. The molecule has 0 aliphatic carbocycles. The first-order valence-electron chi connectivity index (χ1n) is 4.61. The number of hydrogen-bond acceptors (Lipinski definition) is 3. The maximum absolute atomic E-state index is 11.1. The monoisotopic (exact) mass is 213 g/mol. The maximum atomic E-state index is 11.1. The quantitative estimate of drug-likeness (QED) is 0.794. The van der Waals surface area contributed by atoms with E-state index in [4.69, 9.17) is 0 Å². The van der Waals surface area contributed by atoms with Gasteiger partial charge in [0.1, 0.15) is 0 Å². The normalized spacial score (nSPS) is 10.2. The summed E-state index contributed by atoms with van der Waals surface area (Å²) in [4.78, 5) is 15.3. The van der Waals surface area contributed by atoms with Crippen LogP contribution >= 0.6 is 11.3 Å². The lowest BCUT2D eigenvalue weighted by atomic mass is 10.4. The van der Waals surface area contributed by atoms with Gasteiger partial charge in [-0.15, -0.1) is 11.3 Å². The van der Waals surface area contributed by atoms with E-state index in [0.29, 0.717) is 6.54 Å². The molecule has 4 nitrogen and oxygen atoms in total. The molecular weight excluding hydrogens is 198 g/mol. The Balaban J connectivity index is 2.12. The Kier molecular flexibility index (Phi) is 4.39. The summed E-state index contributed by atoms with van der Waals surface area (Å²) in [5.74, 6) is 0. The van der Waals surface area contributed by atoms with E-state index < -0.39 is 0 Å². The summed E-state index contributed by atoms with van der Waals surface area (Å²) in [6, 6.07) is 0.0615. The van der Waals surface area contributed by atoms with E-state index in [1.165, 1.54) is 0 Å². The van der Waals surface area contributed by atoms with Crippen LogP contribution in [0.3, 0.4) is 0 Å². The molecule has 0 atom stereocenters. The van der Waals surface area contributed by atoms with Crippen molar-refractivity contribution in [1.82, 2.24) is 15.6 Å². The van der Waals surface area contributed by atoms with Gasteiger partial charge in [0.15, 0.2) is 0 Å². The van der Waals surface area contributed by atoms with Crippen LogP contribution in [0.4, 0.5) is 4.79 Å². The zero-order chi connectivity index (χ0) is 10.4. The Labute approximate surface area is 87.7 Å². The van der Waals surface area contributed by atoms with E-state index in [2.05, 4.69) is 15.6 Å². The Morgan fingerprint density at radius 2 is 2.43 bits per heavy atom. The van der Waals surface area contributed by atoms with Gasteiger partial charge in [-0.05, 0) is 13.8 Å². The third kappa shape index (κ3) is 4.23. The molecule has 0 bridgehead atoms. The molecule has 0 aromatic carbocycles. The van der Waals surface area contributed by atoms with Crippen LogP contribution in [0.5, 0.6) is 0 Å². The number of carbonyl (C=O) groups is 1.